The highest BCUT2D eigenvalue weighted by Crippen LogP contribution is 2.28. The molecule has 0 saturated heterocycles. The lowest BCUT2D eigenvalue weighted by Gasteiger charge is -2.26. The van der Waals surface area contributed by atoms with Gasteiger partial charge in [-0.1, -0.05) is 6.08 Å². The van der Waals surface area contributed by atoms with Crippen molar-refractivity contribution in [3.8, 4) is 6.07 Å². The molecule has 0 radical (unpaired) electrons. The molecular formula is C9H10F2N2O. The molecule has 3 nitrogen and oxygen atoms in total. The van der Waals surface area contributed by atoms with Gasteiger partial charge in [-0.15, -0.1) is 0 Å². The van der Waals surface area contributed by atoms with E-state index in [-0.39, 0.29) is 12.2 Å². The minimum Gasteiger partial charge on any atom is -0.439 e. The van der Waals surface area contributed by atoms with E-state index >= 15 is 0 Å². The number of nitrogens with two attached hydrogens (primary N) is 1. The lowest BCUT2D eigenvalue weighted by Crippen LogP contribution is -2.41. The van der Waals surface area contributed by atoms with E-state index in [2.05, 4.69) is 4.74 Å². The fraction of sp³-hybridized carbons (Fsp3) is 0.444. The Hall–Kier alpha value is -1.41. The normalized spacial score (nSPS) is 26.6. The van der Waals surface area contributed by atoms with Gasteiger partial charge in [0.1, 0.15) is 11.3 Å². The van der Waals surface area contributed by atoms with Crippen molar-refractivity contribution in [1.29, 1.82) is 5.26 Å². The van der Waals surface area contributed by atoms with Crippen LogP contribution in [0.2, 0.25) is 0 Å². The van der Waals surface area contributed by atoms with Crippen LogP contribution >= 0.6 is 0 Å². The van der Waals surface area contributed by atoms with Crippen LogP contribution in [-0.2, 0) is 4.74 Å². The molecule has 76 valence electrons. The third-order valence-electron chi connectivity index (χ3n) is 2.12. The molecule has 0 saturated carbocycles. The summed E-state index contributed by atoms with van der Waals surface area (Å²) in [7, 11) is 0. The molecule has 5 heteroatoms. The van der Waals surface area contributed by atoms with Crippen LogP contribution < -0.4 is 5.73 Å². The first-order valence-corrected chi connectivity index (χ1v) is 4.01. The van der Waals surface area contributed by atoms with Crippen LogP contribution in [0.5, 0.6) is 0 Å². The van der Waals surface area contributed by atoms with E-state index in [1.807, 2.05) is 6.07 Å². The van der Waals surface area contributed by atoms with Crippen molar-refractivity contribution >= 4 is 0 Å². The molecule has 2 N–H and O–H groups in total. The Morgan fingerprint density at radius 3 is 2.79 bits per heavy atom. The number of halogens is 2. The third kappa shape index (κ3) is 2.09. The molecule has 1 unspecified atom stereocenters. The molecule has 1 aliphatic carbocycles. The zero-order chi connectivity index (χ0) is 10.8. The van der Waals surface area contributed by atoms with Gasteiger partial charge in [0, 0.05) is 6.42 Å². The van der Waals surface area contributed by atoms with Crippen molar-refractivity contribution in [2.24, 2.45) is 5.73 Å². The van der Waals surface area contributed by atoms with Gasteiger partial charge in [0.15, 0.2) is 0 Å². The number of allylic oxidation sites excluding steroid dienone is 2. The Bertz CT molecular complexity index is 330. The Labute approximate surface area is 80.5 Å². The van der Waals surface area contributed by atoms with Crippen LogP contribution in [0.4, 0.5) is 8.78 Å². The van der Waals surface area contributed by atoms with Gasteiger partial charge in [0.05, 0.1) is 6.07 Å². The first kappa shape index (κ1) is 10.7. The topological polar surface area (TPSA) is 59.0 Å². The van der Waals surface area contributed by atoms with Gasteiger partial charge in [-0.05, 0) is 18.6 Å². The summed E-state index contributed by atoms with van der Waals surface area (Å²) in [6.45, 7) is -1.20. The highest BCUT2D eigenvalue weighted by Gasteiger charge is 2.31. The molecule has 1 aliphatic rings. The van der Waals surface area contributed by atoms with E-state index in [1.54, 1.807) is 6.92 Å². The number of nitrogens with zero attached hydrogens (tertiary/aromatic N) is 1. The van der Waals surface area contributed by atoms with Crippen molar-refractivity contribution in [2.75, 3.05) is 0 Å². The first-order chi connectivity index (χ1) is 6.48. The molecule has 1 atom stereocenters. The lowest BCUT2D eigenvalue weighted by molar-refractivity contribution is -0.0995. The molecule has 0 heterocycles. The summed E-state index contributed by atoms with van der Waals surface area (Å²) < 4.78 is 27.9. The summed E-state index contributed by atoms with van der Waals surface area (Å²) in [6, 6.07) is 1.88. The van der Waals surface area contributed by atoms with Crippen molar-refractivity contribution in [2.45, 2.75) is 25.5 Å². The number of alkyl halides is 2. The van der Waals surface area contributed by atoms with Gasteiger partial charge < -0.3 is 10.5 Å². The first-order valence-electron chi connectivity index (χ1n) is 4.01. The van der Waals surface area contributed by atoms with Crippen LogP contribution in [0.15, 0.2) is 23.5 Å². The van der Waals surface area contributed by atoms with Crippen molar-refractivity contribution in [3.05, 3.63) is 23.5 Å². The molecule has 0 aromatic carbocycles. The van der Waals surface area contributed by atoms with Crippen LogP contribution in [0.25, 0.3) is 0 Å². The van der Waals surface area contributed by atoms with E-state index in [0.717, 1.165) is 0 Å². The number of nitriles is 1. The SMILES string of the molecule is CC1=CC=C(OC(F)F)CC1(N)C#N. The van der Waals surface area contributed by atoms with Gasteiger partial charge in [0.25, 0.3) is 0 Å². The molecule has 0 aliphatic heterocycles. The van der Waals surface area contributed by atoms with Gasteiger partial charge in [-0.2, -0.15) is 14.0 Å². The van der Waals surface area contributed by atoms with Gasteiger partial charge in [0.2, 0.25) is 0 Å². The Balaban J connectivity index is 2.83. The molecule has 0 fully saturated rings. The maximum absolute atomic E-state index is 11.9. The van der Waals surface area contributed by atoms with Crippen LogP contribution in [0.1, 0.15) is 13.3 Å². The second-order valence-electron chi connectivity index (χ2n) is 3.12. The number of hydrogen-bond acceptors (Lipinski definition) is 3. The van der Waals surface area contributed by atoms with E-state index in [0.29, 0.717) is 5.57 Å². The van der Waals surface area contributed by atoms with Crippen molar-refractivity contribution in [1.82, 2.24) is 0 Å². The summed E-state index contributed by atoms with van der Waals surface area (Å²) in [6.07, 6.45) is 2.91. The minimum absolute atomic E-state index is 0.0177. The van der Waals surface area contributed by atoms with Gasteiger partial charge in [-0.25, -0.2) is 0 Å². The molecule has 0 aromatic rings. The van der Waals surface area contributed by atoms with Crippen molar-refractivity contribution < 1.29 is 13.5 Å². The van der Waals surface area contributed by atoms with E-state index in [1.165, 1.54) is 12.2 Å². The average molecular weight is 200 g/mol. The maximum Gasteiger partial charge on any atom is 0.387 e. The minimum atomic E-state index is -2.88. The van der Waals surface area contributed by atoms with Crippen LogP contribution in [0.3, 0.4) is 0 Å². The molecule has 14 heavy (non-hydrogen) atoms. The fourth-order valence-electron chi connectivity index (χ4n) is 1.16. The zero-order valence-electron chi connectivity index (χ0n) is 7.63. The number of ether oxygens (including phenoxy) is 1. The Kier molecular flexibility index (Phi) is 2.87. The lowest BCUT2D eigenvalue weighted by atomic mass is 9.85. The Morgan fingerprint density at radius 1 is 1.64 bits per heavy atom. The molecular weight excluding hydrogens is 190 g/mol. The molecule has 0 amide bonds. The molecule has 1 rings (SSSR count). The average Bonchev–Trinajstić information content (AvgIpc) is 2.11. The van der Waals surface area contributed by atoms with Gasteiger partial charge >= 0.3 is 6.61 Å². The summed E-state index contributed by atoms with van der Waals surface area (Å²) >= 11 is 0. The second kappa shape index (κ2) is 3.76. The maximum atomic E-state index is 11.9. The monoisotopic (exact) mass is 200 g/mol. The molecule has 0 spiro atoms. The predicted octanol–water partition coefficient (Wildman–Crippen LogP) is 1.68. The van der Waals surface area contributed by atoms with E-state index in [4.69, 9.17) is 11.0 Å². The van der Waals surface area contributed by atoms with E-state index < -0.39 is 12.2 Å². The predicted molar refractivity (Wildman–Crippen MR) is 46.1 cm³/mol. The molecule has 0 bridgehead atoms. The second-order valence-corrected chi connectivity index (χ2v) is 3.12. The summed E-state index contributed by atoms with van der Waals surface area (Å²) in [4.78, 5) is 0. The number of rotatable bonds is 2. The highest BCUT2D eigenvalue weighted by atomic mass is 19.3. The van der Waals surface area contributed by atoms with E-state index in [9.17, 15) is 8.78 Å². The quantitative estimate of drug-likeness (QED) is 0.737. The number of hydrogen-bond donors (Lipinski definition) is 1. The van der Waals surface area contributed by atoms with Crippen molar-refractivity contribution in [3.63, 3.8) is 0 Å². The highest BCUT2D eigenvalue weighted by molar-refractivity contribution is 5.37. The van der Waals surface area contributed by atoms with Gasteiger partial charge in [-0.3, -0.25) is 0 Å². The fourth-order valence-corrected chi connectivity index (χ4v) is 1.16. The smallest absolute Gasteiger partial charge is 0.387 e. The summed E-state index contributed by atoms with van der Waals surface area (Å²) in [5, 5.41) is 8.79. The Morgan fingerprint density at radius 2 is 2.29 bits per heavy atom. The standard InChI is InChI=1S/C9H10F2N2O/c1-6-2-3-7(14-8(10)11)4-9(6,13)5-12/h2-3,8H,4,13H2,1H3. The third-order valence-corrected chi connectivity index (χ3v) is 2.12. The zero-order valence-corrected chi connectivity index (χ0v) is 7.63. The van der Waals surface area contributed by atoms with Crippen LogP contribution in [-0.4, -0.2) is 12.2 Å². The summed E-state index contributed by atoms with van der Waals surface area (Å²) in [5.74, 6) is 0.0367. The largest absolute Gasteiger partial charge is 0.439 e. The summed E-state index contributed by atoms with van der Waals surface area (Å²) in [5.41, 5.74) is 5.09. The van der Waals surface area contributed by atoms with Crippen LogP contribution in [0, 0.1) is 11.3 Å². The molecule has 0 aromatic heterocycles.